The van der Waals surface area contributed by atoms with Gasteiger partial charge in [0, 0.05) is 18.1 Å². The number of anilines is 2. The second-order valence-corrected chi connectivity index (χ2v) is 4.63. The number of carboxylic acids is 1. The molecule has 0 aliphatic heterocycles. The van der Waals surface area contributed by atoms with Crippen molar-refractivity contribution < 1.29 is 14.7 Å². The molecule has 0 aliphatic rings. The summed E-state index contributed by atoms with van der Waals surface area (Å²) in [7, 11) is 0. The van der Waals surface area contributed by atoms with Crippen molar-refractivity contribution in [3.8, 4) is 0 Å². The van der Waals surface area contributed by atoms with Crippen LogP contribution in [0.4, 0.5) is 11.6 Å². The van der Waals surface area contributed by atoms with Crippen LogP contribution in [0.5, 0.6) is 0 Å². The maximum Gasteiger partial charge on any atom is 0.336 e. The summed E-state index contributed by atoms with van der Waals surface area (Å²) in [5.74, 6) is -2.07. The lowest BCUT2D eigenvalue weighted by molar-refractivity contribution is -0.140. The van der Waals surface area contributed by atoms with Crippen molar-refractivity contribution in [2.24, 2.45) is 0 Å². The Bertz CT molecular complexity index is 848. The summed E-state index contributed by atoms with van der Waals surface area (Å²) in [6.45, 7) is 0. The number of carbonyl (C=O) groups excluding carboxylic acids is 1. The summed E-state index contributed by atoms with van der Waals surface area (Å²) in [4.78, 5) is 31.5. The number of para-hydroxylation sites is 1. The molecular formula is C14H12N6O3. The van der Waals surface area contributed by atoms with E-state index in [2.05, 4.69) is 30.8 Å². The molecule has 1 atom stereocenters. The number of nitrogens with one attached hydrogen (secondary N) is 3. The smallest absolute Gasteiger partial charge is 0.336 e. The minimum atomic E-state index is -1.54. The van der Waals surface area contributed by atoms with Crippen LogP contribution in [0, 0.1) is 0 Å². The van der Waals surface area contributed by atoms with Crippen LogP contribution in [-0.4, -0.2) is 43.2 Å². The molecule has 2 aromatic heterocycles. The highest BCUT2D eigenvalue weighted by atomic mass is 16.4. The monoisotopic (exact) mass is 312 g/mol. The first-order chi connectivity index (χ1) is 11.1. The highest BCUT2D eigenvalue weighted by Crippen LogP contribution is 2.11. The molecule has 1 aromatic carbocycles. The van der Waals surface area contributed by atoms with Crippen LogP contribution < -0.4 is 10.6 Å². The minimum absolute atomic E-state index is 0.000196. The molecular weight excluding hydrogens is 300 g/mol. The summed E-state index contributed by atoms with van der Waals surface area (Å²) in [6, 6.07) is 7.02. The SMILES string of the molecule is O=C(O)C(Nc1ncc2c[nH]nc2n1)C(=O)Nc1ccccc1. The van der Waals surface area contributed by atoms with Crippen LogP contribution in [0.1, 0.15) is 0 Å². The molecule has 0 saturated heterocycles. The van der Waals surface area contributed by atoms with E-state index in [0.29, 0.717) is 16.7 Å². The zero-order valence-electron chi connectivity index (χ0n) is 11.7. The first-order valence-corrected chi connectivity index (χ1v) is 6.65. The lowest BCUT2D eigenvalue weighted by atomic mass is 10.2. The number of benzene rings is 1. The number of rotatable bonds is 5. The number of fused-ring (bicyclic) bond motifs is 1. The van der Waals surface area contributed by atoms with Crippen molar-refractivity contribution in [2.75, 3.05) is 10.6 Å². The molecule has 1 amide bonds. The van der Waals surface area contributed by atoms with Gasteiger partial charge in [-0.15, -0.1) is 0 Å². The van der Waals surface area contributed by atoms with Gasteiger partial charge in [0.25, 0.3) is 5.91 Å². The maximum absolute atomic E-state index is 12.1. The van der Waals surface area contributed by atoms with E-state index in [-0.39, 0.29) is 5.95 Å². The number of aliphatic carboxylic acids is 1. The van der Waals surface area contributed by atoms with E-state index in [1.165, 1.54) is 6.20 Å². The standard InChI is InChI=1S/C14H12N6O3/c21-12(17-9-4-2-1-3-5-9)10(13(22)23)18-14-15-6-8-7-16-20-11(8)19-14/h1-7,10H,(H,17,21)(H,22,23)(H2,15,16,18,19,20). The van der Waals surface area contributed by atoms with Crippen LogP contribution in [-0.2, 0) is 9.59 Å². The fourth-order valence-corrected chi connectivity index (χ4v) is 1.91. The van der Waals surface area contributed by atoms with E-state index < -0.39 is 17.9 Å². The third kappa shape index (κ3) is 3.23. The molecule has 0 radical (unpaired) electrons. The fourth-order valence-electron chi connectivity index (χ4n) is 1.91. The molecule has 3 rings (SSSR count). The number of carboxylic acid groups (broad SMARTS) is 1. The molecule has 0 spiro atoms. The fraction of sp³-hybridized carbons (Fsp3) is 0.0714. The van der Waals surface area contributed by atoms with E-state index in [4.69, 9.17) is 0 Å². The quantitative estimate of drug-likeness (QED) is 0.513. The Hall–Kier alpha value is -3.49. The van der Waals surface area contributed by atoms with Gasteiger partial charge in [-0.05, 0) is 12.1 Å². The second kappa shape index (κ2) is 6.10. The molecule has 9 heteroatoms. The van der Waals surface area contributed by atoms with E-state index in [1.54, 1.807) is 36.5 Å². The lowest BCUT2D eigenvalue weighted by Crippen LogP contribution is -2.41. The predicted octanol–water partition coefficient (Wildman–Crippen LogP) is 0.857. The highest BCUT2D eigenvalue weighted by molar-refractivity contribution is 6.09. The van der Waals surface area contributed by atoms with Crippen LogP contribution in [0.2, 0.25) is 0 Å². The average Bonchev–Trinajstić information content (AvgIpc) is 3.00. The molecule has 1 unspecified atom stereocenters. The normalized spacial score (nSPS) is 11.8. The van der Waals surface area contributed by atoms with Crippen LogP contribution in [0.25, 0.3) is 11.0 Å². The zero-order chi connectivity index (χ0) is 16.2. The molecule has 0 fully saturated rings. The van der Waals surface area contributed by atoms with Crippen molar-refractivity contribution in [1.29, 1.82) is 0 Å². The number of nitrogens with zero attached hydrogens (tertiary/aromatic N) is 3. The van der Waals surface area contributed by atoms with Gasteiger partial charge >= 0.3 is 5.97 Å². The lowest BCUT2D eigenvalue weighted by Gasteiger charge is -2.14. The summed E-state index contributed by atoms with van der Waals surface area (Å²) in [5, 5.41) is 21.4. The van der Waals surface area contributed by atoms with E-state index >= 15 is 0 Å². The minimum Gasteiger partial charge on any atom is -0.479 e. The Labute approximate surface area is 129 Å². The summed E-state index contributed by atoms with van der Waals surface area (Å²) < 4.78 is 0. The number of aromatic amines is 1. The number of hydrogen-bond acceptors (Lipinski definition) is 6. The Kier molecular flexibility index (Phi) is 3.83. The van der Waals surface area contributed by atoms with Gasteiger partial charge in [-0.3, -0.25) is 9.89 Å². The number of carbonyl (C=O) groups is 2. The molecule has 0 bridgehead atoms. The van der Waals surface area contributed by atoms with Crippen molar-refractivity contribution >= 4 is 34.5 Å². The molecule has 0 aliphatic carbocycles. The van der Waals surface area contributed by atoms with Gasteiger partial charge in [0.15, 0.2) is 5.65 Å². The number of H-pyrrole nitrogens is 1. The predicted molar refractivity (Wildman–Crippen MR) is 81.8 cm³/mol. The largest absolute Gasteiger partial charge is 0.479 e. The molecule has 116 valence electrons. The summed E-state index contributed by atoms with van der Waals surface area (Å²) in [6.07, 6.45) is 3.08. The second-order valence-electron chi connectivity index (χ2n) is 4.63. The van der Waals surface area contributed by atoms with Gasteiger partial charge in [0.2, 0.25) is 12.0 Å². The number of aromatic nitrogens is 4. The Morgan fingerprint density at radius 1 is 1.22 bits per heavy atom. The van der Waals surface area contributed by atoms with Gasteiger partial charge in [-0.2, -0.15) is 10.1 Å². The van der Waals surface area contributed by atoms with Gasteiger partial charge in [0.1, 0.15) is 0 Å². The van der Waals surface area contributed by atoms with E-state index in [9.17, 15) is 14.7 Å². The van der Waals surface area contributed by atoms with Crippen LogP contribution in [0.15, 0.2) is 42.7 Å². The summed E-state index contributed by atoms with van der Waals surface area (Å²) >= 11 is 0. The maximum atomic E-state index is 12.1. The van der Waals surface area contributed by atoms with Gasteiger partial charge < -0.3 is 15.7 Å². The Morgan fingerprint density at radius 2 is 2.00 bits per heavy atom. The molecule has 0 saturated carbocycles. The van der Waals surface area contributed by atoms with Gasteiger partial charge in [0.05, 0.1) is 5.39 Å². The Balaban J connectivity index is 1.78. The molecule has 2 heterocycles. The zero-order valence-corrected chi connectivity index (χ0v) is 11.7. The third-order valence-electron chi connectivity index (χ3n) is 3.01. The van der Waals surface area contributed by atoms with Crippen LogP contribution in [0.3, 0.4) is 0 Å². The Morgan fingerprint density at radius 3 is 2.74 bits per heavy atom. The van der Waals surface area contributed by atoms with Crippen molar-refractivity contribution in [3.63, 3.8) is 0 Å². The van der Waals surface area contributed by atoms with Gasteiger partial charge in [-0.25, -0.2) is 9.78 Å². The van der Waals surface area contributed by atoms with Crippen molar-refractivity contribution in [2.45, 2.75) is 6.04 Å². The third-order valence-corrected chi connectivity index (χ3v) is 3.01. The van der Waals surface area contributed by atoms with Crippen molar-refractivity contribution in [1.82, 2.24) is 20.2 Å². The van der Waals surface area contributed by atoms with Gasteiger partial charge in [-0.1, -0.05) is 18.2 Å². The summed E-state index contributed by atoms with van der Waals surface area (Å²) in [5.41, 5.74) is 0.865. The average molecular weight is 312 g/mol. The molecule has 9 nitrogen and oxygen atoms in total. The van der Waals surface area contributed by atoms with E-state index in [1.807, 2.05) is 0 Å². The molecule has 4 N–H and O–H groups in total. The van der Waals surface area contributed by atoms with E-state index in [0.717, 1.165) is 0 Å². The highest BCUT2D eigenvalue weighted by Gasteiger charge is 2.27. The number of hydrogen-bond donors (Lipinski definition) is 4. The number of amides is 1. The first kappa shape index (κ1) is 14.4. The topological polar surface area (TPSA) is 133 Å². The first-order valence-electron chi connectivity index (χ1n) is 6.65. The van der Waals surface area contributed by atoms with Crippen molar-refractivity contribution in [3.05, 3.63) is 42.7 Å². The van der Waals surface area contributed by atoms with Crippen LogP contribution >= 0.6 is 0 Å². The molecule has 3 aromatic rings. The molecule has 23 heavy (non-hydrogen) atoms.